The first-order valence-electron chi connectivity index (χ1n) is 7.41. The zero-order valence-electron chi connectivity index (χ0n) is 13.0. The van der Waals surface area contributed by atoms with Crippen molar-refractivity contribution in [1.82, 2.24) is 0 Å². The van der Waals surface area contributed by atoms with Gasteiger partial charge in [0.05, 0.1) is 0 Å². The second kappa shape index (κ2) is 6.45. The third-order valence-corrected chi connectivity index (χ3v) is 3.99. The maximum Gasteiger partial charge on any atom is 0.336 e. The number of aryl methyl sites for hydroxylation is 1. The molecule has 0 radical (unpaired) electrons. The summed E-state index contributed by atoms with van der Waals surface area (Å²) in [5, 5.41) is 39.1. The van der Waals surface area contributed by atoms with E-state index in [0.717, 1.165) is 0 Å². The standard InChI is InChI=1S/C16H16O9/c1-6-4-10(17)24-9-5-7(2-3-8(6)9)23-16-13(20)11(18)12(19)14(25-16)15(21)22/h2-5,11-14,16,18-20H,1H3,(H,21,22)/t11-,12-,13?,14?,16+/m0/s1. The van der Waals surface area contributed by atoms with Gasteiger partial charge in [-0.2, -0.15) is 0 Å². The smallest absolute Gasteiger partial charge is 0.336 e. The highest BCUT2D eigenvalue weighted by Gasteiger charge is 2.48. The molecule has 1 aliphatic heterocycles. The summed E-state index contributed by atoms with van der Waals surface area (Å²) in [5.74, 6) is -1.38. The molecule has 1 aromatic carbocycles. The molecule has 5 atom stereocenters. The van der Waals surface area contributed by atoms with Crippen LogP contribution < -0.4 is 10.4 Å². The lowest BCUT2D eigenvalue weighted by atomic mass is 9.99. The van der Waals surface area contributed by atoms with Crippen molar-refractivity contribution in [1.29, 1.82) is 0 Å². The number of benzene rings is 1. The SMILES string of the molecule is Cc1cc(=O)oc2cc(O[C@@H]3OC(C(=O)O)[C@@H](O)[C@H](O)C3O)ccc12. The van der Waals surface area contributed by atoms with Gasteiger partial charge < -0.3 is 34.3 Å². The van der Waals surface area contributed by atoms with Crippen LogP contribution in [0.15, 0.2) is 33.5 Å². The average Bonchev–Trinajstić information content (AvgIpc) is 2.54. The molecule has 2 aromatic rings. The van der Waals surface area contributed by atoms with Crippen LogP contribution in [0, 0.1) is 6.92 Å². The third kappa shape index (κ3) is 3.22. The second-order valence-corrected chi connectivity index (χ2v) is 5.76. The van der Waals surface area contributed by atoms with Crippen molar-refractivity contribution in [2.24, 2.45) is 0 Å². The van der Waals surface area contributed by atoms with Gasteiger partial charge >= 0.3 is 11.6 Å². The maximum atomic E-state index is 11.5. The van der Waals surface area contributed by atoms with Crippen LogP contribution in [0.2, 0.25) is 0 Å². The van der Waals surface area contributed by atoms with E-state index < -0.39 is 42.3 Å². The molecule has 25 heavy (non-hydrogen) atoms. The number of carboxylic acids is 1. The largest absolute Gasteiger partial charge is 0.479 e. The quantitative estimate of drug-likeness (QED) is 0.530. The molecule has 3 rings (SSSR count). The van der Waals surface area contributed by atoms with Crippen LogP contribution in [0.5, 0.6) is 5.75 Å². The zero-order valence-corrected chi connectivity index (χ0v) is 13.0. The molecule has 2 heterocycles. The number of carboxylic acid groups (broad SMARTS) is 1. The summed E-state index contributed by atoms with van der Waals surface area (Å²) in [5.41, 5.74) is 0.403. The first-order chi connectivity index (χ1) is 11.8. The van der Waals surface area contributed by atoms with Crippen LogP contribution in [-0.2, 0) is 9.53 Å². The van der Waals surface area contributed by atoms with E-state index in [1.54, 1.807) is 13.0 Å². The van der Waals surface area contributed by atoms with E-state index in [2.05, 4.69) is 0 Å². The predicted octanol–water partition coefficient (Wildman–Crippen LogP) is -0.628. The molecule has 9 nitrogen and oxygen atoms in total. The minimum Gasteiger partial charge on any atom is -0.479 e. The number of aliphatic hydroxyl groups excluding tert-OH is 3. The predicted molar refractivity (Wildman–Crippen MR) is 82.2 cm³/mol. The van der Waals surface area contributed by atoms with Gasteiger partial charge in [-0.05, 0) is 24.6 Å². The van der Waals surface area contributed by atoms with Gasteiger partial charge in [0.2, 0.25) is 6.29 Å². The summed E-state index contributed by atoms with van der Waals surface area (Å²) < 4.78 is 15.5. The van der Waals surface area contributed by atoms with Gasteiger partial charge in [0.25, 0.3) is 0 Å². The van der Waals surface area contributed by atoms with Crippen molar-refractivity contribution in [2.75, 3.05) is 0 Å². The maximum absolute atomic E-state index is 11.5. The summed E-state index contributed by atoms with van der Waals surface area (Å²) in [6.45, 7) is 1.74. The Morgan fingerprint density at radius 1 is 1.12 bits per heavy atom. The monoisotopic (exact) mass is 352 g/mol. The van der Waals surface area contributed by atoms with E-state index >= 15 is 0 Å². The highest BCUT2D eigenvalue weighted by Crippen LogP contribution is 2.27. The number of ether oxygens (including phenoxy) is 2. The number of carbonyl (C=O) groups is 1. The number of aliphatic carboxylic acids is 1. The molecule has 9 heteroatoms. The molecule has 1 aromatic heterocycles. The summed E-state index contributed by atoms with van der Waals surface area (Å²) >= 11 is 0. The van der Waals surface area contributed by atoms with Gasteiger partial charge in [-0.1, -0.05) is 0 Å². The summed E-state index contributed by atoms with van der Waals surface area (Å²) in [6.07, 6.45) is -8.53. The van der Waals surface area contributed by atoms with Gasteiger partial charge in [-0.3, -0.25) is 0 Å². The number of fused-ring (bicyclic) bond motifs is 1. The number of rotatable bonds is 3. The molecule has 134 valence electrons. The van der Waals surface area contributed by atoms with Gasteiger partial charge in [0.1, 0.15) is 29.6 Å². The lowest BCUT2D eigenvalue weighted by molar-refractivity contribution is -0.271. The molecule has 0 aliphatic carbocycles. The molecule has 1 saturated heterocycles. The van der Waals surface area contributed by atoms with Crippen molar-refractivity contribution in [2.45, 2.75) is 37.6 Å². The van der Waals surface area contributed by atoms with Crippen LogP contribution in [0.4, 0.5) is 0 Å². The Bertz CT molecular complexity index is 858. The van der Waals surface area contributed by atoms with Gasteiger partial charge in [0.15, 0.2) is 6.10 Å². The highest BCUT2D eigenvalue weighted by molar-refractivity contribution is 5.81. The second-order valence-electron chi connectivity index (χ2n) is 5.76. The Morgan fingerprint density at radius 3 is 2.52 bits per heavy atom. The lowest BCUT2D eigenvalue weighted by Crippen LogP contribution is -2.61. The van der Waals surface area contributed by atoms with Crippen LogP contribution in [0.1, 0.15) is 5.56 Å². The molecule has 2 unspecified atom stereocenters. The fourth-order valence-corrected chi connectivity index (χ4v) is 2.66. The minimum atomic E-state index is -1.80. The summed E-state index contributed by atoms with van der Waals surface area (Å²) in [4.78, 5) is 22.5. The van der Waals surface area contributed by atoms with Gasteiger partial charge in [-0.25, -0.2) is 9.59 Å². The van der Waals surface area contributed by atoms with E-state index in [9.17, 15) is 24.9 Å². The topological polar surface area (TPSA) is 147 Å². The van der Waals surface area contributed by atoms with Crippen molar-refractivity contribution in [3.63, 3.8) is 0 Å². The van der Waals surface area contributed by atoms with Crippen LogP contribution in [0.25, 0.3) is 11.0 Å². The fraction of sp³-hybridized carbons (Fsp3) is 0.375. The Kier molecular flexibility index (Phi) is 4.48. The molecule has 0 saturated carbocycles. The highest BCUT2D eigenvalue weighted by atomic mass is 16.7. The number of hydrogen-bond donors (Lipinski definition) is 4. The molecule has 4 N–H and O–H groups in total. The van der Waals surface area contributed by atoms with Crippen molar-refractivity contribution >= 4 is 16.9 Å². The Labute approximate surface area is 140 Å². The minimum absolute atomic E-state index is 0.123. The van der Waals surface area contributed by atoms with E-state index in [1.807, 2.05) is 0 Å². The molecule has 0 spiro atoms. The Hall–Kier alpha value is -2.46. The Morgan fingerprint density at radius 2 is 1.84 bits per heavy atom. The third-order valence-electron chi connectivity index (χ3n) is 3.99. The first kappa shape index (κ1) is 17.4. The van der Waals surface area contributed by atoms with Crippen LogP contribution in [0.3, 0.4) is 0 Å². The molecular formula is C16H16O9. The first-order valence-corrected chi connectivity index (χ1v) is 7.41. The summed E-state index contributed by atoms with van der Waals surface area (Å²) in [6, 6.07) is 5.86. The number of aliphatic hydroxyl groups is 3. The molecule has 1 fully saturated rings. The van der Waals surface area contributed by atoms with Crippen LogP contribution >= 0.6 is 0 Å². The van der Waals surface area contributed by atoms with Gasteiger partial charge in [-0.15, -0.1) is 0 Å². The van der Waals surface area contributed by atoms with E-state index in [1.165, 1.54) is 18.2 Å². The molecule has 0 amide bonds. The average molecular weight is 352 g/mol. The lowest BCUT2D eigenvalue weighted by Gasteiger charge is -2.38. The normalized spacial score (nSPS) is 29.5. The van der Waals surface area contributed by atoms with E-state index in [4.69, 9.17) is 19.0 Å². The van der Waals surface area contributed by atoms with Crippen molar-refractivity contribution in [3.05, 3.63) is 40.2 Å². The van der Waals surface area contributed by atoms with Gasteiger partial charge in [0, 0.05) is 17.5 Å². The number of hydrogen-bond acceptors (Lipinski definition) is 8. The van der Waals surface area contributed by atoms with E-state index in [-0.39, 0.29) is 11.3 Å². The molecular weight excluding hydrogens is 336 g/mol. The van der Waals surface area contributed by atoms with Crippen molar-refractivity contribution in [3.8, 4) is 5.75 Å². The Balaban J connectivity index is 1.89. The molecule has 0 bridgehead atoms. The zero-order chi connectivity index (χ0) is 18.3. The van der Waals surface area contributed by atoms with Crippen LogP contribution in [-0.4, -0.2) is 57.1 Å². The van der Waals surface area contributed by atoms with E-state index in [0.29, 0.717) is 10.9 Å². The molecule has 1 aliphatic rings. The fourth-order valence-electron chi connectivity index (χ4n) is 2.66. The van der Waals surface area contributed by atoms with Crippen molar-refractivity contribution < 1.29 is 39.1 Å². The summed E-state index contributed by atoms with van der Waals surface area (Å²) in [7, 11) is 0.